The highest BCUT2D eigenvalue weighted by Gasteiger charge is 2.51. The molecule has 0 atom stereocenters. The molecule has 0 unspecified atom stereocenters. The van der Waals surface area contributed by atoms with Crippen molar-refractivity contribution in [1.82, 2.24) is 0 Å². The fourth-order valence-corrected chi connectivity index (χ4v) is 4.33. The lowest BCUT2D eigenvalue weighted by molar-refractivity contribution is 0.325. The van der Waals surface area contributed by atoms with Crippen LogP contribution in [0.2, 0.25) is 0 Å². The Morgan fingerprint density at radius 2 is 1.36 bits per heavy atom. The van der Waals surface area contributed by atoms with E-state index >= 15 is 0 Å². The van der Waals surface area contributed by atoms with Crippen molar-refractivity contribution in [3.63, 3.8) is 0 Å². The third-order valence-electron chi connectivity index (χ3n) is 3.75. The molecule has 6 heteroatoms. The monoisotopic (exact) mass is 326 g/mol. The minimum atomic E-state index is -4.90. The largest absolute Gasteiger partial charge is 0.340 e. The second-order valence-corrected chi connectivity index (χ2v) is 6.97. The summed E-state index contributed by atoms with van der Waals surface area (Å²) in [4.78, 5) is 20.0. The van der Waals surface area contributed by atoms with Crippen molar-refractivity contribution >= 4 is 7.60 Å². The van der Waals surface area contributed by atoms with Crippen molar-refractivity contribution in [3.05, 3.63) is 71.3 Å². The van der Waals surface area contributed by atoms with Crippen LogP contribution >= 0.6 is 7.60 Å². The van der Waals surface area contributed by atoms with Gasteiger partial charge in [0.1, 0.15) is 16.8 Å². The van der Waals surface area contributed by atoms with Crippen molar-refractivity contribution in [2.45, 2.75) is 24.9 Å². The lowest BCUT2D eigenvalue weighted by Crippen LogP contribution is -2.30. The fraction of sp³-hybridized carbons (Fsp3) is 0.250. The smallest absolute Gasteiger partial charge is 0.324 e. The molecule has 0 aromatic heterocycles. The molecule has 0 aliphatic carbocycles. The van der Waals surface area contributed by atoms with Gasteiger partial charge in [0.05, 0.1) is 0 Å². The van der Waals surface area contributed by atoms with Crippen molar-refractivity contribution in [3.8, 4) is 0 Å². The summed E-state index contributed by atoms with van der Waals surface area (Å²) in [5, 5.41) is -2.03. The normalized spacial score (nSPS) is 12.4. The Morgan fingerprint density at radius 1 is 0.955 bits per heavy atom. The van der Waals surface area contributed by atoms with Crippen molar-refractivity contribution in [2.24, 2.45) is 0 Å². The Morgan fingerprint density at radius 3 is 1.68 bits per heavy atom. The topological polar surface area (TPSA) is 57.5 Å². The summed E-state index contributed by atoms with van der Waals surface area (Å²) in [5.74, 6) is -1.52. The predicted molar refractivity (Wildman–Crippen MR) is 80.5 cm³/mol. The van der Waals surface area contributed by atoms with E-state index in [0.29, 0.717) is 6.42 Å². The van der Waals surface area contributed by atoms with Crippen molar-refractivity contribution in [2.75, 3.05) is 0 Å². The van der Waals surface area contributed by atoms with Gasteiger partial charge in [-0.1, -0.05) is 49.7 Å². The SMILES string of the molecule is CCCC(c1ccccc1F)(c1ccccc1F)P(=O)(O)O. The molecule has 118 valence electrons. The van der Waals surface area contributed by atoms with E-state index in [1.165, 1.54) is 36.4 Å². The standard InChI is InChI=1S/C16H17F2O3P/c1-2-11-16(22(19,20)21,12-7-3-5-9-14(12)17)13-8-4-6-10-15(13)18/h3-10H,2,11H2,1H3,(H2,19,20,21). The molecule has 0 fully saturated rings. The van der Waals surface area contributed by atoms with E-state index in [2.05, 4.69) is 0 Å². The molecule has 0 spiro atoms. The Kier molecular flexibility index (Phi) is 4.81. The molecule has 0 saturated carbocycles. The molecule has 2 aromatic rings. The minimum Gasteiger partial charge on any atom is -0.324 e. The molecule has 2 aromatic carbocycles. The Hall–Kier alpha value is -1.55. The summed E-state index contributed by atoms with van der Waals surface area (Å²) < 4.78 is 40.9. The van der Waals surface area contributed by atoms with E-state index in [1.54, 1.807) is 6.92 Å². The third kappa shape index (κ3) is 2.72. The molecule has 0 saturated heterocycles. The number of halogens is 2. The Bertz CT molecular complexity index is 667. The van der Waals surface area contributed by atoms with Gasteiger partial charge in [-0.05, 0) is 18.6 Å². The maximum atomic E-state index is 14.3. The van der Waals surface area contributed by atoms with Gasteiger partial charge < -0.3 is 9.79 Å². The van der Waals surface area contributed by atoms with Gasteiger partial charge in [0, 0.05) is 11.1 Å². The van der Waals surface area contributed by atoms with Crippen LogP contribution in [0.4, 0.5) is 8.78 Å². The second kappa shape index (κ2) is 6.29. The lowest BCUT2D eigenvalue weighted by atomic mass is 9.85. The molecule has 22 heavy (non-hydrogen) atoms. The van der Waals surface area contributed by atoms with Gasteiger partial charge >= 0.3 is 7.60 Å². The van der Waals surface area contributed by atoms with E-state index in [0.717, 1.165) is 12.1 Å². The van der Waals surface area contributed by atoms with Gasteiger partial charge in [-0.15, -0.1) is 0 Å². The molecule has 0 aliphatic rings. The van der Waals surface area contributed by atoms with Crippen LogP contribution in [0.1, 0.15) is 30.9 Å². The van der Waals surface area contributed by atoms with Crippen LogP contribution in [0.5, 0.6) is 0 Å². The number of hydrogen-bond acceptors (Lipinski definition) is 1. The maximum absolute atomic E-state index is 14.3. The van der Waals surface area contributed by atoms with E-state index < -0.39 is 24.4 Å². The zero-order chi connectivity index (χ0) is 16.4. The molecule has 0 amide bonds. The highest BCUT2D eigenvalue weighted by Crippen LogP contribution is 2.63. The molecule has 3 nitrogen and oxygen atoms in total. The van der Waals surface area contributed by atoms with Gasteiger partial charge in [-0.2, -0.15) is 0 Å². The van der Waals surface area contributed by atoms with E-state index in [4.69, 9.17) is 0 Å². The lowest BCUT2D eigenvalue weighted by Gasteiger charge is -2.35. The predicted octanol–water partition coefficient (Wildman–Crippen LogP) is 4.19. The summed E-state index contributed by atoms with van der Waals surface area (Å²) in [5.41, 5.74) is -0.370. The average Bonchev–Trinajstić information content (AvgIpc) is 2.45. The zero-order valence-electron chi connectivity index (χ0n) is 12.0. The fourth-order valence-electron chi connectivity index (χ4n) is 2.83. The van der Waals surface area contributed by atoms with Crippen LogP contribution in [-0.2, 0) is 9.72 Å². The second-order valence-electron chi connectivity index (χ2n) is 5.11. The summed E-state index contributed by atoms with van der Waals surface area (Å²) in [7, 11) is -4.90. The summed E-state index contributed by atoms with van der Waals surface area (Å²) in [6.07, 6.45) is 0.285. The van der Waals surface area contributed by atoms with Crippen molar-refractivity contribution in [1.29, 1.82) is 0 Å². The molecule has 0 heterocycles. The van der Waals surface area contributed by atoms with Crippen LogP contribution in [0.25, 0.3) is 0 Å². The quantitative estimate of drug-likeness (QED) is 0.810. The van der Waals surface area contributed by atoms with Gasteiger partial charge in [-0.25, -0.2) is 8.78 Å². The van der Waals surface area contributed by atoms with Gasteiger partial charge in [0.2, 0.25) is 0 Å². The maximum Gasteiger partial charge on any atom is 0.340 e. The highest BCUT2D eigenvalue weighted by atomic mass is 31.2. The summed E-state index contributed by atoms with van der Waals surface area (Å²) in [6.45, 7) is 1.71. The molecule has 0 aliphatic heterocycles. The number of rotatable bonds is 5. The van der Waals surface area contributed by atoms with E-state index in [9.17, 15) is 23.1 Å². The van der Waals surface area contributed by atoms with E-state index in [-0.39, 0.29) is 17.5 Å². The van der Waals surface area contributed by atoms with E-state index in [1.807, 2.05) is 0 Å². The zero-order valence-corrected chi connectivity index (χ0v) is 12.9. The number of hydrogen-bond donors (Lipinski definition) is 2. The van der Waals surface area contributed by atoms with Gasteiger partial charge in [0.25, 0.3) is 0 Å². The van der Waals surface area contributed by atoms with Gasteiger partial charge in [0.15, 0.2) is 0 Å². The third-order valence-corrected chi connectivity index (χ3v) is 5.45. The van der Waals surface area contributed by atoms with Crippen LogP contribution in [0.15, 0.2) is 48.5 Å². The molecule has 0 radical (unpaired) electrons. The molecular weight excluding hydrogens is 309 g/mol. The summed E-state index contributed by atoms with van der Waals surface area (Å²) >= 11 is 0. The Balaban J connectivity index is 2.88. The summed E-state index contributed by atoms with van der Waals surface area (Å²) in [6, 6.07) is 10.7. The molecule has 0 bridgehead atoms. The van der Waals surface area contributed by atoms with Gasteiger partial charge in [-0.3, -0.25) is 4.57 Å². The minimum absolute atomic E-state index is 0.0703. The molecule has 2 rings (SSSR count). The molecule has 2 N–H and O–H groups in total. The van der Waals surface area contributed by atoms with Crippen LogP contribution in [-0.4, -0.2) is 9.79 Å². The van der Waals surface area contributed by atoms with Crippen LogP contribution in [0, 0.1) is 11.6 Å². The average molecular weight is 326 g/mol. The van der Waals surface area contributed by atoms with Crippen LogP contribution in [0.3, 0.4) is 0 Å². The highest BCUT2D eigenvalue weighted by molar-refractivity contribution is 7.53. The first-order valence-electron chi connectivity index (χ1n) is 6.90. The number of benzene rings is 2. The first kappa shape index (κ1) is 16.8. The first-order chi connectivity index (χ1) is 10.3. The van der Waals surface area contributed by atoms with Crippen LogP contribution < -0.4 is 0 Å². The first-order valence-corrected chi connectivity index (χ1v) is 8.51. The van der Waals surface area contributed by atoms with Crippen molar-refractivity contribution < 1.29 is 23.1 Å². The Labute approximate surface area is 127 Å². The molecular formula is C16H17F2O3P.